The summed E-state index contributed by atoms with van der Waals surface area (Å²) in [7, 11) is 0. The molecule has 0 fully saturated rings. The summed E-state index contributed by atoms with van der Waals surface area (Å²) >= 11 is 3.07. The first-order valence-electron chi connectivity index (χ1n) is 6.56. The number of nitrogens with one attached hydrogen (secondary N) is 1. The van der Waals surface area contributed by atoms with Crippen molar-refractivity contribution in [3.05, 3.63) is 62.7 Å². The highest BCUT2D eigenvalue weighted by Gasteiger charge is 2.14. The molecule has 3 aromatic rings. The zero-order valence-electron chi connectivity index (χ0n) is 11.5. The molecular formula is C16H14N2OS2. The molecule has 5 heteroatoms. The lowest BCUT2D eigenvalue weighted by atomic mass is 10.1. The van der Waals surface area contributed by atoms with Gasteiger partial charge in [-0.1, -0.05) is 30.3 Å². The molecule has 0 atom stereocenters. The van der Waals surface area contributed by atoms with E-state index in [1.165, 1.54) is 11.3 Å². The number of carbonyl (C=O) groups excluding carboxylic acids is 1. The van der Waals surface area contributed by atoms with Crippen LogP contribution in [0.5, 0.6) is 0 Å². The number of aromatic nitrogens is 1. The van der Waals surface area contributed by atoms with E-state index in [9.17, 15) is 4.79 Å². The first-order chi connectivity index (χ1) is 10.2. The molecule has 1 amide bonds. The smallest absolute Gasteiger partial charge is 0.262 e. The number of hydrogen-bond acceptors (Lipinski definition) is 4. The fourth-order valence-corrected chi connectivity index (χ4v) is 3.63. The zero-order valence-corrected chi connectivity index (χ0v) is 13.1. The van der Waals surface area contributed by atoms with Gasteiger partial charge in [0.15, 0.2) is 0 Å². The van der Waals surface area contributed by atoms with Crippen molar-refractivity contribution in [2.24, 2.45) is 0 Å². The molecule has 0 aliphatic heterocycles. The Labute approximate surface area is 131 Å². The van der Waals surface area contributed by atoms with Gasteiger partial charge in [-0.05, 0) is 23.9 Å². The van der Waals surface area contributed by atoms with Crippen molar-refractivity contribution in [3.63, 3.8) is 0 Å². The Bertz CT molecular complexity index is 746. The van der Waals surface area contributed by atoms with Gasteiger partial charge >= 0.3 is 0 Å². The summed E-state index contributed by atoms with van der Waals surface area (Å²) in [5.41, 5.74) is 2.05. The van der Waals surface area contributed by atoms with Crippen LogP contribution in [0, 0.1) is 6.92 Å². The second kappa shape index (κ2) is 6.20. The van der Waals surface area contributed by atoms with Crippen LogP contribution in [0.3, 0.4) is 0 Å². The van der Waals surface area contributed by atoms with Crippen LogP contribution in [0.1, 0.15) is 19.6 Å². The number of rotatable bonds is 4. The number of hydrogen-bond donors (Lipinski definition) is 1. The van der Waals surface area contributed by atoms with Crippen molar-refractivity contribution in [2.45, 2.75) is 13.5 Å². The van der Waals surface area contributed by atoms with E-state index in [0.717, 1.165) is 25.9 Å². The van der Waals surface area contributed by atoms with Crippen LogP contribution in [-0.4, -0.2) is 10.9 Å². The van der Waals surface area contributed by atoms with Gasteiger partial charge in [-0.3, -0.25) is 4.79 Å². The molecule has 2 aromatic heterocycles. The summed E-state index contributed by atoms with van der Waals surface area (Å²) in [6.45, 7) is 2.49. The molecule has 0 aliphatic rings. The first kappa shape index (κ1) is 14.0. The molecule has 0 saturated heterocycles. The summed E-state index contributed by atoms with van der Waals surface area (Å²) < 4.78 is 0. The number of thiazole rings is 1. The number of nitrogens with zero attached hydrogens (tertiary/aromatic N) is 1. The lowest BCUT2D eigenvalue weighted by Crippen LogP contribution is -2.21. The Hall–Kier alpha value is -1.98. The Morgan fingerprint density at radius 2 is 2.05 bits per heavy atom. The average molecular weight is 314 g/mol. The maximum absolute atomic E-state index is 12.4. The van der Waals surface area contributed by atoms with Gasteiger partial charge < -0.3 is 5.32 Å². The highest BCUT2D eigenvalue weighted by molar-refractivity contribution is 7.12. The number of thiophene rings is 1. The van der Waals surface area contributed by atoms with Gasteiger partial charge in [0, 0.05) is 16.6 Å². The maximum atomic E-state index is 12.4. The van der Waals surface area contributed by atoms with Crippen LogP contribution in [-0.2, 0) is 6.54 Å². The highest BCUT2D eigenvalue weighted by Crippen LogP contribution is 2.28. The molecule has 0 bridgehead atoms. The second-order valence-corrected chi connectivity index (χ2v) is 6.79. The minimum atomic E-state index is -0.0325. The summed E-state index contributed by atoms with van der Waals surface area (Å²) in [6, 6.07) is 12.0. The third-order valence-corrected chi connectivity index (χ3v) is 4.87. The molecule has 0 spiro atoms. The van der Waals surface area contributed by atoms with Crippen molar-refractivity contribution in [1.29, 1.82) is 0 Å². The molecule has 2 heterocycles. The van der Waals surface area contributed by atoms with E-state index in [2.05, 4.69) is 10.3 Å². The monoisotopic (exact) mass is 314 g/mol. The average Bonchev–Trinajstić information content (AvgIpc) is 3.14. The Morgan fingerprint density at radius 1 is 1.24 bits per heavy atom. The van der Waals surface area contributed by atoms with Gasteiger partial charge in [-0.2, -0.15) is 0 Å². The third kappa shape index (κ3) is 3.20. The van der Waals surface area contributed by atoms with Crippen molar-refractivity contribution < 1.29 is 4.79 Å². The quantitative estimate of drug-likeness (QED) is 0.787. The van der Waals surface area contributed by atoms with E-state index < -0.39 is 0 Å². The number of benzene rings is 1. The number of amides is 1. The van der Waals surface area contributed by atoms with Gasteiger partial charge in [0.05, 0.1) is 16.4 Å². The van der Waals surface area contributed by atoms with E-state index in [1.54, 1.807) is 11.3 Å². The summed E-state index contributed by atoms with van der Waals surface area (Å²) in [5.74, 6) is -0.0325. The lowest BCUT2D eigenvalue weighted by molar-refractivity contribution is 0.0956. The van der Waals surface area contributed by atoms with E-state index in [4.69, 9.17) is 0 Å². The molecule has 3 nitrogen and oxygen atoms in total. The fourth-order valence-electron chi connectivity index (χ4n) is 2.06. The number of carbonyl (C=O) groups is 1. The minimum Gasteiger partial charge on any atom is -0.346 e. The predicted molar refractivity (Wildman–Crippen MR) is 87.8 cm³/mol. The molecule has 0 aliphatic carbocycles. The molecule has 1 N–H and O–H groups in total. The highest BCUT2D eigenvalue weighted by atomic mass is 32.1. The minimum absolute atomic E-state index is 0.0325. The molecule has 0 unspecified atom stereocenters. The molecule has 0 radical (unpaired) electrons. The molecular weight excluding hydrogens is 300 g/mol. The molecule has 0 saturated carbocycles. The second-order valence-electron chi connectivity index (χ2n) is 4.56. The van der Waals surface area contributed by atoms with Crippen LogP contribution >= 0.6 is 22.7 Å². The molecule has 106 valence electrons. The van der Waals surface area contributed by atoms with Crippen molar-refractivity contribution in [2.75, 3.05) is 0 Å². The van der Waals surface area contributed by atoms with E-state index in [0.29, 0.717) is 6.54 Å². The van der Waals surface area contributed by atoms with Gasteiger partial charge in [-0.25, -0.2) is 4.98 Å². The Balaban J connectivity index is 1.75. The van der Waals surface area contributed by atoms with Gasteiger partial charge in [0.25, 0.3) is 5.91 Å². The van der Waals surface area contributed by atoms with Crippen molar-refractivity contribution in [1.82, 2.24) is 10.3 Å². The molecule has 1 aromatic carbocycles. The van der Waals surface area contributed by atoms with Crippen LogP contribution in [0.25, 0.3) is 11.1 Å². The van der Waals surface area contributed by atoms with Crippen LogP contribution < -0.4 is 5.32 Å². The van der Waals surface area contributed by atoms with Crippen LogP contribution in [0.15, 0.2) is 48.0 Å². The van der Waals surface area contributed by atoms with Gasteiger partial charge in [0.2, 0.25) is 0 Å². The Kier molecular flexibility index (Phi) is 4.13. The SMILES string of the molecule is Cc1ncc(CNC(=O)c2sccc2-c2ccccc2)s1. The van der Waals surface area contributed by atoms with Gasteiger partial charge in [0.1, 0.15) is 0 Å². The Morgan fingerprint density at radius 3 is 2.76 bits per heavy atom. The zero-order chi connectivity index (χ0) is 14.7. The van der Waals surface area contributed by atoms with Gasteiger partial charge in [-0.15, -0.1) is 22.7 Å². The van der Waals surface area contributed by atoms with Crippen LogP contribution in [0.4, 0.5) is 0 Å². The fraction of sp³-hybridized carbons (Fsp3) is 0.125. The normalized spacial score (nSPS) is 10.5. The van der Waals surface area contributed by atoms with Crippen LogP contribution in [0.2, 0.25) is 0 Å². The van der Waals surface area contributed by atoms with Crippen molar-refractivity contribution in [3.8, 4) is 11.1 Å². The first-order valence-corrected chi connectivity index (χ1v) is 8.26. The summed E-state index contributed by atoms with van der Waals surface area (Å²) in [4.78, 5) is 18.4. The number of aryl methyl sites for hydroxylation is 1. The predicted octanol–water partition coefficient (Wildman–Crippen LogP) is 4.11. The molecule has 21 heavy (non-hydrogen) atoms. The molecule has 3 rings (SSSR count). The largest absolute Gasteiger partial charge is 0.346 e. The van der Waals surface area contributed by atoms with E-state index >= 15 is 0 Å². The topological polar surface area (TPSA) is 42.0 Å². The standard InChI is InChI=1S/C16H14N2OS2/c1-11-17-9-13(21-11)10-18-16(19)15-14(7-8-20-15)12-5-3-2-4-6-12/h2-9H,10H2,1H3,(H,18,19). The van der Waals surface area contributed by atoms with E-state index in [-0.39, 0.29) is 5.91 Å². The lowest BCUT2D eigenvalue weighted by Gasteiger charge is -2.05. The third-order valence-electron chi connectivity index (χ3n) is 3.05. The van der Waals surface area contributed by atoms with Crippen molar-refractivity contribution >= 4 is 28.6 Å². The van der Waals surface area contributed by atoms with E-state index in [1.807, 2.05) is 54.9 Å². The summed E-state index contributed by atoms with van der Waals surface area (Å²) in [5, 5.41) is 5.93. The summed E-state index contributed by atoms with van der Waals surface area (Å²) in [6.07, 6.45) is 1.81. The maximum Gasteiger partial charge on any atom is 0.262 e.